The van der Waals surface area contributed by atoms with Crippen molar-refractivity contribution in [3.63, 3.8) is 0 Å². The van der Waals surface area contributed by atoms with Crippen molar-refractivity contribution in [1.29, 1.82) is 0 Å². The molecule has 1 aliphatic heterocycles. The fraction of sp³-hybridized carbons (Fsp3) is 0.828. The summed E-state index contributed by atoms with van der Waals surface area (Å²) in [6.45, 7) is 7.77. The van der Waals surface area contributed by atoms with Crippen LogP contribution in [0, 0.1) is 23.2 Å². The molecule has 3 atom stereocenters. The highest BCUT2D eigenvalue weighted by Crippen LogP contribution is 2.61. The number of urea groups is 1. The van der Waals surface area contributed by atoms with Crippen LogP contribution in [0.3, 0.4) is 0 Å². The minimum atomic E-state index is -2.27. The van der Waals surface area contributed by atoms with Crippen LogP contribution in [0.2, 0.25) is 0 Å². The topological polar surface area (TPSA) is 188 Å². The van der Waals surface area contributed by atoms with Crippen LogP contribution in [0.4, 0.5) is 4.79 Å². The Bertz CT molecular complexity index is 967. The summed E-state index contributed by atoms with van der Waals surface area (Å²) in [5.41, 5.74) is 0.405. The molecule has 5 fully saturated rings. The number of nitrogens with zero attached hydrogens (tertiary/aromatic N) is 3. The Hall–Kier alpha value is -2.42. The zero-order valence-electron chi connectivity index (χ0n) is 25.4. The lowest BCUT2D eigenvalue weighted by atomic mass is 9.49. The first kappa shape index (κ1) is 35.1. The summed E-state index contributed by atoms with van der Waals surface area (Å²) in [5, 5.41) is 35.6. The molecule has 4 bridgehead atoms. The van der Waals surface area contributed by atoms with Gasteiger partial charge in [0.15, 0.2) is 17.3 Å². The number of carboxylic acid groups (broad SMARTS) is 2. The van der Waals surface area contributed by atoms with Gasteiger partial charge in [-0.3, -0.25) is 9.59 Å². The number of aliphatic carboxylic acids is 2. The normalized spacial score (nSPS) is 28.2. The van der Waals surface area contributed by atoms with Crippen LogP contribution in [0.5, 0.6) is 0 Å². The van der Waals surface area contributed by atoms with Crippen molar-refractivity contribution in [2.45, 2.75) is 77.0 Å². The van der Waals surface area contributed by atoms with E-state index in [2.05, 4.69) is 17.3 Å². The summed E-state index contributed by atoms with van der Waals surface area (Å²) < 4.78 is 0. The third kappa shape index (κ3) is 10.0. The number of carbonyl (C=O) groups is 5. The van der Waals surface area contributed by atoms with E-state index in [4.69, 9.17) is 20.4 Å². The first-order valence-corrected chi connectivity index (χ1v) is 16.2. The largest absolute Gasteiger partial charge is 0.479 e. The van der Waals surface area contributed by atoms with Crippen molar-refractivity contribution in [3.8, 4) is 0 Å². The van der Waals surface area contributed by atoms with Gasteiger partial charge < -0.3 is 40.4 Å². The molecular weight excluding hydrogens is 580 g/mol. The zero-order chi connectivity index (χ0) is 31.9. The molecular formula is C29H48N4O9S. The Morgan fingerprint density at radius 2 is 1.37 bits per heavy atom. The van der Waals surface area contributed by atoms with E-state index < -0.39 is 30.2 Å². The lowest BCUT2D eigenvalue weighted by Gasteiger charge is -2.57. The maximum atomic E-state index is 13.2. The molecule has 0 spiro atoms. The van der Waals surface area contributed by atoms with Gasteiger partial charge in [0.1, 0.15) is 6.04 Å². The Morgan fingerprint density at radius 1 is 0.884 bits per heavy atom. The molecule has 0 aromatic heterocycles. The van der Waals surface area contributed by atoms with E-state index in [9.17, 15) is 24.0 Å². The highest BCUT2D eigenvalue weighted by atomic mass is 32.2. The number of carboxylic acids is 2. The fourth-order valence-corrected chi connectivity index (χ4v) is 8.09. The van der Waals surface area contributed by atoms with Crippen molar-refractivity contribution >= 4 is 40.8 Å². The average molecular weight is 629 g/mol. The quantitative estimate of drug-likeness (QED) is 0.219. The summed E-state index contributed by atoms with van der Waals surface area (Å²) >= 11 is 1.27. The lowest BCUT2D eigenvalue weighted by molar-refractivity contribution is -0.165. The molecule has 3 amide bonds. The minimum absolute atomic E-state index is 0.00408. The number of likely N-dealkylation sites (N-methyl/N-ethyl adjacent to an activating group) is 1. The van der Waals surface area contributed by atoms with E-state index in [1.54, 1.807) is 13.8 Å². The number of piperazine rings is 1. The van der Waals surface area contributed by atoms with Crippen LogP contribution < -0.4 is 5.32 Å². The second-order valence-electron chi connectivity index (χ2n) is 12.9. The molecule has 43 heavy (non-hydrogen) atoms. The number of hydrogen-bond donors (Lipinski definition) is 5. The van der Waals surface area contributed by atoms with Crippen molar-refractivity contribution < 1.29 is 44.4 Å². The summed E-state index contributed by atoms with van der Waals surface area (Å²) in [6.07, 6.45) is 4.77. The van der Waals surface area contributed by atoms with E-state index in [1.165, 1.54) is 50.3 Å². The third-order valence-electron chi connectivity index (χ3n) is 9.36. The molecule has 0 aromatic carbocycles. The minimum Gasteiger partial charge on any atom is -0.479 e. The van der Waals surface area contributed by atoms with Crippen LogP contribution in [0.1, 0.15) is 58.8 Å². The molecule has 0 aromatic rings. The summed E-state index contributed by atoms with van der Waals surface area (Å²) in [5.74, 6) is -0.251. The number of aliphatic hydroxyl groups excluding tert-OH is 2. The molecule has 4 aliphatic carbocycles. The van der Waals surface area contributed by atoms with Crippen LogP contribution in [-0.2, 0) is 19.2 Å². The second-order valence-corrected chi connectivity index (χ2v) is 14.1. The average Bonchev–Trinajstić information content (AvgIpc) is 2.93. The van der Waals surface area contributed by atoms with Gasteiger partial charge in [0.2, 0.25) is 5.91 Å². The lowest BCUT2D eigenvalue weighted by Crippen LogP contribution is -2.55. The number of thioether (sulfide) groups is 1. The van der Waals surface area contributed by atoms with E-state index in [-0.39, 0.29) is 17.1 Å². The Labute approximate surface area is 257 Å². The number of aliphatic hydroxyl groups is 2. The maximum Gasteiger partial charge on any atom is 0.335 e. The molecule has 5 rings (SSSR count). The van der Waals surface area contributed by atoms with Crippen LogP contribution in [-0.4, -0.2) is 134 Å². The summed E-state index contributed by atoms with van der Waals surface area (Å²) in [6, 6.07) is -0.706. The van der Waals surface area contributed by atoms with Crippen LogP contribution in [0.15, 0.2) is 0 Å². The first-order valence-electron chi connectivity index (χ1n) is 15.2. The number of hydrogen-bond acceptors (Lipinski definition) is 9. The standard InChI is InChI=1S/C25H42N4O3S.C4H6O6/c1-18(23(31)28-8-6-27(3)7-9-28)26-24(32)29(10-11-33-19(2)30)5-4-25-15-20-12-21(16-25)14-22(13-20)17-25;5-1(3(7)8)2(6)4(9)10/h18,20-22H,4-17H2,1-3H3,(H,26,32);1-2,5-6H,(H,7,8)(H,9,10)/t18-,20?,21?,22?,25?;1-,2-/m01/s1. The van der Waals surface area contributed by atoms with Gasteiger partial charge in [-0.25, -0.2) is 14.4 Å². The highest BCUT2D eigenvalue weighted by Gasteiger charge is 2.50. The summed E-state index contributed by atoms with van der Waals surface area (Å²) in [4.78, 5) is 63.0. The second kappa shape index (κ2) is 15.5. The van der Waals surface area contributed by atoms with Gasteiger partial charge in [-0.15, -0.1) is 0 Å². The molecule has 5 aliphatic rings. The highest BCUT2D eigenvalue weighted by molar-refractivity contribution is 8.13. The maximum absolute atomic E-state index is 13.2. The zero-order valence-corrected chi connectivity index (χ0v) is 26.3. The van der Waals surface area contributed by atoms with E-state index in [0.717, 1.165) is 37.3 Å². The first-order chi connectivity index (χ1) is 20.2. The predicted molar refractivity (Wildman–Crippen MR) is 159 cm³/mol. The van der Waals surface area contributed by atoms with Crippen LogP contribution in [0.25, 0.3) is 0 Å². The smallest absolute Gasteiger partial charge is 0.335 e. The number of nitrogens with one attached hydrogen (secondary N) is 1. The summed E-state index contributed by atoms with van der Waals surface area (Å²) in [7, 11) is 2.06. The molecule has 1 saturated heterocycles. The van der Waals surface area contributed by atoms with Crippen molar-refractivity contribution in [1.82, 2.24) is 20.0 Å². The van der Waals surface area contributed by atoms with Gasteiger partial charge in [-0.05, 0) is 82.1 Å². The van der Waals surface area contributed by atoms with Gasteiger partial charge >= 0.3 is 18.0 Å². The molecule has 13 nitrogen and oxygen atoms in total. The number of amides is 3. The monoisotopic (exact) mass is 628 g/mol. The van der Waals surface area contributed by atoms with Crippen molar-refractivity contribution in [3.05, 3.63) is 0 Å². The Kier molecular flexibility index (Phi) is 12.7. The molecule has 5 N–H and O–H groups in total. The van der Waals surface area contributed by atoms with E-state index in [0.29, 0.717) is 37.3 Å². The van der Waals surface area contributed by atoms with Gasteiger partial charge in [0, 0.05) is 51.9 Å². The third-order valence-corrected chi connectivity index (χ3v) is 10.2. The van der Waals surface area contributed by atoms with E-state index >= 15 is 0 Å². The molecule has 1 heterocycles. The number of carbonyl (C=O) groups excluding carboxylic acids is 3. The molecule has 0 unspecified atom stereocenters. The van der Waals surface area contributed by atoms with Gasteiger partial charge in [0.05, 0.1) is 0 Å². The molecule has 0 radical (unpaired) electrons. The fourth-order valence-electron chi connectivity index (χ4n) is 7.49. The molecule has 14 heteroatoms. The molecule has 244 valence electrons. The molecule has 4 saturated carbocycles. The number of rotatable bonds is 11. The SMILES string of the molecule is CC(=O)SCCN(CCC12CC3CC(CC(C3)C1)C2)C(=O)N[C@@H](C)C(=O)N1CCN(C)CC1.O=C(O)[C@H](O)[C@@H](O)C(=O)O. The van der Waals surface area contributed by atoms with Gasteiger partial charge in [0.25, 0.3) is 0 Å². The van der Waals surface area contributed by atoms with Gasteiger partial charge in [-0.2, -0.15) is 0 Å². The van der Waals surface area contributed by atoms with E-state index in [1.807, 2.05) is 9.80 Å². The predicted octanol–water partition coefficient (Wildman–Crippen LogP) is 0.924. The van der Waals surface area contributed by atoms with Crippen LogP contribution >= 0.6 is 11.8 Å². The van der Waals surface area contributed by atoms with Crippen molar-refractivity contribution in [2.24, 2.45) is 23.2 Å². The van der Waals surface area contributed by atoms with Crippen molar-refractivity contribution in [2.75, 3.05) is 52.1 Å². The van der Waals surface area contributed by atoms with Gasteiger partial charge in [-0.1, -0.05) is 11.8 Å². The Morgan fingerprint density at radius 3 is 1.81 bits per heavy atom. The Balaban J connectivity index is 0.000000436.